The van der Waals surface area contributed by atoms with Crippen molar-refractivity contribution in [2.24, 2.45) is 5.92 Å². The minimum absolute atomic E-state index is 0.109. The van der Waals surface area contributed by atoms with Gasteiger partial charge in [-0.3, -0.25) is 0 Å². The van der Waals surface area contributed by atoms with Crippen molar-refractivity contribution in [1.82, 2.24) is 0 Å². The molecule has 32 heavy (non-hydrogen) atoms. The Kier molecular flexibility index (Phi) is 6.63. The lowest BCUT2D eigenvalue weighted by atomic mass is 9.98. The van der Waals surface area contributed by atoms with Crippen molar-refractivity contribution in [2.45, 2.75) is 13.2 Å². The molecule has 3 nitrogen and oxygen atoms in total. The molecular formula is C26H23F3O3. The van der Waals surface area contributed by atoms with Crippen LogP contribution in [0.3, 0.4) is 0 Å². The van der Waals surface area contributed by atoms with Crippen LogP contribution < -0.4 is 4.74 Å². The Labute approximate surface area is 185 Å². The number of ether oxygens (including phenoxy) is 3. The minimum Gasteiger partial charge on any atom is -0.491 e. The maximum atomic E-state index is 14.8. The summed E-state index contributed by atoms with van der Waals surface area (Å²) >= 11 is 0. The quantitative estimate of drug-likeness (QED) is 0.400. The third-order valence-electron chi connectivity index (χ3n) is 5.38. The highest BCUT2D eigenvalue weighted by molar-refractivity contribution is 5.71. The molecule has 1 aliphatic heterocycles. The fourth-order valence-corrected chi connectivity index (χ4v) is 3.61. The van der Waals surface area contributed by atoms with Crippen molar-refractivity contribution in [2.75, 3.05) is 19.8 Å². The van der Waals surface area contributed by atoms with Crippen molar-refractivity contribution in [3.63, 3.8) is 0 Å². The summed E-state index contributed by atoms with van der Waals surface area (Å²) in [6, 6.07) is 14.3. The largest absolute Gasteiger partial charge is 0.491 e. The monoisotopic (exact) mass is 440 g/mol. The van der Waals surface area contributed by atoms with Gasteiger partial charge in [0.25, 0.3) is 0 Å². The minimum atomic E-state index is -1.03. The second-order valence-corrected chi connectivity index (χ2v) is 7.48. The first-order valence-corrected chi connectivity index (χ1v) is 10.4. The number of rotatable bonds is 6. The van der Waals surface area contributed by atoms with Crippen molar-refractivity contribution in [3.8, 4) is 28.0 Å². The summed E-state index contributed by atoms with van der Waals surface area (Å²) in [4.78, 5) is 0. The van der Waals surface area contributed by atoms with E-state index in [1.165, 1.54) is 18.2 Å². The van der Waals surface area contributed by atoms with Gasteiger partial charge < -0.3 is 14.2 Å². The van der Waals surface area contributed by atoms with Crippen molar-refractivity contribution in [1.29, 1.82) is 0 Å². The molecule has 6 heteroatoms. The van der Waals surface area contributed by atoms with Crippen LogP contribution in [0.4, 0.5) is 13.2 Å². The van der Waals surface area contributed by atoms with E-state index in [1.807, 2.05) is 0 Å². The van der Waals surface area contributed by atoms with Crippen LogP contribution in [0.1, 0.15) is 18.8 Å². The van der Waals surface area contributed by atoms with Gasteiger partial charge in [0.1, 0.15) is 5.82 Å². The molecule has 0 N–H and O–H groups in total. The maximum absolute atomic E-state index is 14.8. The zero-order valence-corrected chi connectivity index (χ0v) is 17.6. The molecule has 1 aliphatic rings. The highest BCUT2D eigenvalue weighted by atomic mass is 19.2. The van der Waals surface area contributed by atoms with Crippen LogP contribution in [0, 0.1) is 23.4 Å². The highest BCUT2D eigenvalue weighted by Gasteiger charge is 2.23. The van der Waals surface area contributed by atoms with Crippen LogP contribution in [0.2, 0.25) is 0 Å². The molecule has 0 saturated carbocycles. The highest BCUT2D eigenvalue weighted by Crippen LogP contribution is 2.33. The van der Waals surface area contributed by atoms with E-state index in [4.69, 9.17) is 14.2 Å². The van der Waals surface area contributed by atoms with Crippen molar-refractivity contribution < 1.29 is 27.4 Å². The van der Waals surface area contributed by atoms with Crippen molar-refractivity contribution in [3.05, 3.63) is 90.3 Å². The molecule has 1 saturated heterocycles. The third-order valence-corrected chi connectivity index (χ3v) is 5.38. The first kappa shape index (κ1) is 22.1. The third kappa shape index (κ3) is 4.42. The normalized spacial score (nSPS) is 18.4. The molecule has 0 atom stereocenters. The van der Waals surface area contributed by atoms with Gasteiger partial charge in [-0.25, -0.2) is 8.78 Å². The van der Waals surface area contributed by atoms with E-state index >= 15 is 0 Å². The average Bonchev–Trinajstić information content (AvgIpc) is 2.82. The van der Waals surface area contributed by atoms with E-state index in [0.29, 0.717) is 35.5 Å². The van der Waals surface area contributed by atoms with Crippen LogP contribution in [-0.4, -0.2) is 19.8 Å². The van der Waals surface area contributed by atoms with Gasteiger partial charge in [0.15, 0.2) is 17.9 Å². The van der Waals surface area contributed by atoms with Gasteiger partial charge in [0.2, 0.25) is 5.82 Å². The summed E-state index contributed by atoms with van der Waals surface area (Å²) in [6.07, 6.45) is 1.16. The van der Waals surface area contributed by atoms with Gasteiger partial charge in [-0.15, -0.1) is 6.58 Å². The van der Waals surface area contributed by atoms with Crippen LogP contribution in [0.25, 0.3) is 22.3 Å². The Morgan fingerprint density at radius 2 is 1.53 bits per heavy atom. The molecule has 3 aromatic carbocycles. The molecule has 4 rings (SSSR count). The van der Waals surface area contributed by atoms with Gasteiger partial charge in [-0.05, 0) is 36.2 Å². The molecule has 0 radical (unpaired) electrons. The van der Waals surface area contributed by atoms with Crippen LogP contribution >= 0.6 is 0 Å². The fourth-order valence-electron chi connectivity index (χ4n) is 3.61. The molecule has 0 spiro atoms. The lowest BCUT2D eigenvalue weighted by Crippen LogP contribution is -2.25. The summed E-state index contributed by atoms with van der Waals surface area (Å²) in [6.45, 7) is 6.61. The Hall–Kier alpha value is -3.09. The lowest BCUT2D eigenvalue weighted by Gasteiger charge is -2.28. The summed E-state index contributed by atoms with van der Waals surface area (Å²) in [5.41, 5.74) is 2.18. The lowest BCUT2D eigenvalue weighted by molar-refractivity contribution is -0.197. The number of halogens is 3. The standard InChI is InChI=1S/C26H23F3O3/c1-3-16-14-31-26(32-15-16)19-9-10-20(22(27)13-19)17-5-7-18(8-6-17)21-11-12-23(30-4-2)25(29)24(21)28/h3,5-13,16,26H,1,4,14-15H2,2H3. The Morgan fingerprint density at radius 3 is 2.12 bits per heavy atom. The molecule has 3 aromatic rings. The summed E-state index contributed by atoms with van der Waals surface area (Å²) in [7, 11) is 0. The number of hydrogen-bond acceptors (Lipinski definition) is 3. The molecule has 166 valence electrons. The second-order valence-electron chi connectivity index (χ2n) is 7.48. The van der Waals surface area contributed by atoms with Crippen LogP contribution in [0.5, 0.6) is 5.75 Å². The van der Waals surface area contributed by atoms with E-state index in [1.54, 1.807) is 49.4 Å². The van der Waals surface area contributed by atoms with Crippen LogP contribution in [-0.2, 0) is 9.47 Å². The van der Waals surface area contributed by atoms with E-state index in [0.717, 1.165) is 0 Å². The van der Waals surface area contributed by atoms with Crippen LogP contribution in [0.15, 0.2) is 67.3 Å². The van der Waals surface area contributed by atoms with E-state index in [9.17, 15) is 13.2 Å². The van der Waals surface area contributed by atoms with Gasteiger partial charge in [0, 0.05) is 22.6 Å². The molecule has 0 bridgehead atoms. The molecular weight excluding hydrogens is 417 g/mol. The number of hydrogen-bond donors (Lipinski definition) is 0. The molecule has 0 aliphatic carbocycles. The Morgan fingerprint density at radius 1 is 0.906 bits per heavy atom. The van der Waals surface area contributed by atoms with Gasteiger partial charge in [-0.1, -0.05) is 42.5 Å². The van der Waals surface area contributed by atoms with E-state index in [2.05, 4.69) is 6.58 Å². The molecule has 0 unspecified atom stereocenters. The molecule has 1 heterocycles. The first-order valence-electron chi connectivity index (χ1n) is 10.4. The van der Waals surface area contributed by atoms with E-state index in [-0.39, 0.29) is 23.8 Å². The summed E-state index contributed by atoms with van der Waals surface area (Å²) in [5, 5.41) is 0. The first-order chi connectivity index (χ1) is 15.5. The average molecular weight is 440 g/mol. The van der Waals surface area contributed by atoms with Gasteiger partial charge in [0.05, 0.1) is 19.8 Å². The molecule has 0 amide bonds. The predicted octanol–water partition coefficient (Wildman–Crippen LogP) is 6.68. The predicted molar refractivity (Wildman–Crippen MR) is 117 cm³/mol. The summed E-state index contributed by atoms with van der Waals surface area (Å²) < 4.78 is 59.9. The molecule has 1 fully saturated rings. The SMILES string of the molecule is C=CC1COC(c2ccc(-c3ccc(-c4ccc(OCC)c(F)c4F)cc3)c(F)c2)OC1. The number of benzene rings is 3. The Bertz CT molecular complexity index is 1100. The Balaban J connectivity index is 1.55. The van der Waals surface area contributed by atoms with E-state index < -0.39 is 23.7 Å². The zero-order chi connectivity index (χ0) is 22.7. The topological polar surface area (TPSA) is 27.7 Å². The zero-order valence-electron chi connectivity index (χ0n) is 17.6. The van der Waals surface area contributed by atoms with Gasteiger partial charge in [-0.2, -0.15) is 4.39 Å². The van der Waals surface area contributed by atoms with Gasteiger partial charge >= 0.3 is 0 Å². The maximum Gasteiger partial charge on any atom is 0.201 e. The second kappa shape index (κ2) is 9.59. The smallest absolute Gasteiger partial charge is 0.201 e. The fraction of sp³-hybridized carbons (Fsp3) is 0.231. The van der Waals surface area contributed by atoms with Crippen molar-refractivity contribution >= 4 is 0 Å². The summed E-state index contributed by atoms with van der Waals surface area (Å²) in [5.74, 6) is -2.43. The molecule has 0 aromatic heterocycles.